The Morgan fingerprint density at radius 2 is 1.75 bits per heavy atom. The fourth-order valence-electron chi connectivity index (χ4n) is 2.02. The molecule has 0 spiro atoms. The standard InChI is InChI=1S/C12H24N4O2.2ClH/c1-3-14-11(17)9-15-4-6-16(7-5-15)12(18)8-10(2)13;;/h10H,3-9,13H2,1-2H3,(H,14,17);2*1H. The maximum absolute atomic E-state index is 11.8. The van der Waals surface area contributed by atoms with E-state index >= 15 is 0 Å². The van der Waals surface area contributed by atoms with E-state index in [1.807, 2.05) is 18.7 Å². The Balaban J connectivity index is 0. The number of carbonyl (C=O) groups excluding carboxylic acids is 2. The van der Waals surface area contributed by atoms with Gasteiger partial charge in [0.05, 0.1) is 6.54 Å². The largest absolute Gasteiger partial charge is 0.355 e. The van der Waals surface area contributed by atoms with Crippen molar-refractivity contribution in [1.82, 2.24) is 15.1 Å². The summed E-state index contributed by atoms with van der Waals surface area (Å²) >= 11 is 0. The van der Waals surface area contributed by atoms with Gasteiger partial charge in [-0.15, -0.1) is 24.8 Å². The van der Waals surface area contributed by atoms with Gasteiger partial charge in [-0.1, -0.05) is 0 Å². The first kappa shape index (κ1) is 21.7. The molecule has 1 atom stereocenters. The molecular formula is C12H26Cl2N4O2. The summed E-state index contributed by atoms with van der Waals surface area (Å²) in [6.45, 7) is 7.69. The number of nitrogens with zero attached hydrogens (tertiary/aromatic N) is 2. The van der Waals surface area contributed by atoms with E-state index in [4.69, 9.17) is 5.73 Å². The molecule has 1 rings (SSSR count). The molecule has 20 heavy (non-hydrogen) atoms. The predicted molar refractivity (Wildman–Crippen MR) is 84.5 cm³/mol. The maximum atomic E-state index is 11.8. The van der Waals surface area contributed by atoms with Crippen molar-refractivity contribution in [3.8, 4) is 0 Å². The van der Waals surface area contributed by atoms with Crippen LogP contribution in [0, 0.1) is 0 Å². The number of halogens is 2. The van der Waals surface area contributed by atoms with Crippen LogP contribution in [0.25, 0.3) is 0 Å². The average Bonchev–Trinajstić information content (AvgIpc) is 2.29. The smallest absolute Gasteiger partial charge is 0.234 e. The molecule has 1 heterocycles. The summed E-state index contributed by atoms with van der Waals surface area (Å²) < 4.78 is 0. The number of rotatable bonds is 5. The zero-order valence-electron chi connectivity index (χ0n) is 12.1. The zero-order chi connectivity index (χ0) is 13.5. The van der Waals surface area contributed by atoms with Gasteiger partial charge in [-0.25, -0.2) is 0 Å². The number of carbonyl (C=O) groups is 2. The summed E-state index contributed by atoms with van der Waals surface area (Å²) in [5.74, 6) is 0.163. The summed E-state index contributed by atoms with van der Waals surface area (Å²) in [6.07, 6.45) is 0.399. The lowest BCUT2D eigenvalue weighted by molar-refractivity contribution is -0.133. The maximum Gasteiger partial charge on any atom is 0.234 e. The van der Waals surface area contributed by atoms with E-state index in [-0.39, 0.29) is 42.7 Å². The molecule has 0 saturated carbocycles. The summed E-state index contributed by atoms with van der Waals surface area (Å²) in [6, 6.07) is -0.0918. The fourth-order valence-corrected chi connectivity index (χ4v) is 2.02. The minimum atomic E-state index is -0.0918. The number of nitrogens with one attached hydrogen (secondary N) is 1. The van der Waals surface area contributed by atoms with Crippen molar-refractivity contribution in [1.29, 1.82) is 0 Å². The first-order valence-corrected chi connectivity index (χ1v) is 6.55. The van der Waals surface area contributed by atoms with E-state index in [0.29, 0.717) is 32.6 Å². The molecule has 6 nitrogen and oxygen atoms in total. The van der Waals surface area contributed by atoms with Crippen molar-refractivity contribution >= 4 is 36.6 Å². The van der Waals surface area contributed by atoms with Crippen LogP contribution in [0.3, 0.4) is 0 Å². The van der Waals surface area contributed by atoms with Gasteiger partial charge < -0.3 is 16.0 Å². The molecule has 1 saturated heterocycles. The zero-order valence-corrected chi connectivity index (χ0v) is 13.8. The first-order valence-electron chi connectivity index (χ1n) is 6.55. The number of hydrogen-bond donors (Lipinski definition) is 2. The van der Waals surface area contributed by atoms with Crippen LogP contribution < -0.4 is 11.1 Å². The Kier molecular flexibility index (Phi) is 12.1. The Hall–Kier alpha value is -0.560. The molecule has 0 aromatic rings. The number of likely N-dealkylation sites (N-methyl/N-ethyl adjacent to an activating group) is 1. The third-order valence-corrected chi connectivity index (χ3v) is 2.96. The lowest BCUT2D eigenvalue weighted by atomic mass is 10.2. The van der Waals surface area contributed by atoms with Gasteiger partial charge in [0.1, 0.15) is 0 Å². The molecule has 2 amide bonds. The Morgan fingerprint density at radius 1 is 1.20 bits per heavy atom. The van der Waals surface area contributed by atoms with Gasteiger partial charge in [0.25, 0.3) is 0 Å². The van der Waals surface area contributed by atoms with Crippen molar-refractivity contribution in [3.05, 3.63) is 0 Å². The van der Waals surface area contributed by atoms with Crippen molar-refractivity contribution in [2.45, 2.75) is 26.3 Å². The molecule has 1 aliphatic heterocycles. The minimum Gasteiger partial charge on any atom is -0.355 e. The molecule has 1 aliphatic rings. The summed E-state index contributed by atoms with van der Waals surface area (Å²) in [7, 11) is 0. The van der Waals surface area contributed by atoms with Crippen molar-refractivity contribution in [2.75, 3.05) is 39.3 Å². The van der Waals surface area contributed by atoms with Crippen LogP contribution >= 0.6 is 24.8 Å². The van der Waals surface area contributed by atoms with Gasteiger partial charge in [-0.2, -0.15) is 0 Å². The van der Waals surface area contributed by atoms with Crippen LogP contribution in [0.5, 0.6) is 0 Å². The molecule has 0 aliphatic carbocycles. The monoisotopic (exact) mass is 328 g/mol. The summed E-state index contributed by atoms with van der Waals surface area (Å²) in [5.41, 5.74) is 5.62. The summed E-state index contributed by atoms with van der Waals surface area (Å²) in [5, 5.41) is 2.78. The van der Waals surface area contributed by atoms with Crippen LogP contribution in [-0.2, 0) is 9.59 Å². The molecule has 0 aromatic carbocycles. The van der Waals surface area contributed by atoms with Gasteiger partial charge in [-0.3, -0.25) is 14.5 Å². The third-order valence-electron chi connectivity index (χ3n) is 2.96. The fraction of sp³-hybridized carbons (Fsp3) is 0.833. The Morgan fingerprint density at radius 3 is 2.20 bits per heavy atom. The molecule has 120 valence electrons. The highest BCUT2D eigenvalue weighted by atomic mass is 35.5. The van der Waals surface area contributed by atoms with Gasteiger partial charge in [0.2, 0.25) is 11.8 Å². The van der Waals surface area contributed by atoms with E-state index < -0.39 is 0 Å². The third kappa shape index (κ3) is 7.89. The second-order valence-corrected chi connectivity index (χ2v) is 4.79. The van der Waals surface area contributed by atoms with Crippen molar-refractivity contribution < 1.29 is 9.59 Å². The van der Waals surface area contributed by atoms with Crippen LogP contribution in [0.4, 0.5) is 0 Å². The molecular weight excluding hydrogens is 303 g/mol. The highest BCUT2D eigenvalue weighted by molar-refractivity contribution is 5.85. The predicted octanol–water partition coefficient (Wildman–Crippen LogP) is -0.152. The van der Waals surface area contributed by atoms with Gasteiger partial charge >= 0.3 is 0 Å². The van der Waals surface area contributed by atoms with Crippen LogP contribution in [0.2, 0.25) is 0 Å². The van der Waals surface area contributed by atoms with Crippen LogP contribution in [0.15, 0.2) is 0 Å². The van der Waals surface area contributed by atoms with E-state index in [1.165, 1.54) is 0 Å². The highest BCUT2D eigenvalue weighted by Gasteiger charge is 2.22. The Bertz CT molecular complexity index is 295. The molecule has 1 unspecified atom stereocenters. The lowest BCUT2D eigenvalue weighted by Gasteiger charge is -2.34. The van der Waals surface area contributed by atoms with Crippen molar-refractivity contribution in [3.63, 3.8) is 0 Å². The van der Waals surface area contributed by atoms with Gasteiger partial charge in [-0.05, 0) is 13.8 Å². The van der Waals surface area contributed by atoms with Crippen LogP contribution in [-0.4, -0.2) is 66.9 Å². The average molecular weight is 329 g/mol. The topological polar surface area (TPSA) is 78.7 Å². The normalized spacial score (nSPS) is 16.6. The second-order valence-electron chi connectivity index (χ2n) is 4.79. The van der Waals surface area contributed by atoms with E-state index in [1.54, 1.807) is 0 Å². The van der Waals surface area contributed by atoms with E-state index in [0.717, 1.165) is 13.1 Å². The quantitative estimate of drug-likeness (QED) is 0.735. The SMILES string of the molecule is CCNC(=O)CN1CCN(C(=O)CC(C)N)CC1.Cl.Cl. The van der Waals surface area contributed by atoms with E-state index in [2.05, 4.69) is 10.2 Å². The minimum absolute atomic E-state index is 0. The molecule has 3 N–H and O–H groups in total. The molecule has 8 heteroatoms. The number of nitrogens with two attached hydrogens (primary N) is 1. The lowest BCUT2D eigenvalue weighted by Crippen LogP contribution is -2.51. The Labute approximate surface area is 133 Å². The molecule has 1 fully saturated rings. The molecule has 0 bridgehead atoms. The number of piperazine rings is 1. The van der Waals surface area contributed by atoms with E-state index in [9.17, 15) is 9.59 Å². The highest BCUT2D eigenvalue weighted by Crippen LogP contribution is 2.04. The molecule has 0 aromatic heterocycles. The van der Waals surface area contributed by atoms with Gasteiger partial charge in [0, 0.05) is 45.2 Å². The number of hydrogen-bond acceptors (Lipinski definition) is 4. The van der Waals surface area contributed by atoms with Gasteiger partial charge in [0.15, 0.2) is 0 Å². The number of amides is 2. The first-order chi connectivity index (χ1) is 8.52. The second kappa shape index (κ2) is 11.1. The van der Waals surface area contributed by atoms with Crippen LogP contribution in [0.1, 0.15) is 20.3 Å². The summed E-state index contributed by atoms with van der Waals surface area (Å²) in [4.78, 5) is 27.1. The molecule has 0 radical (unpaired) electrons. The van der Waals surface area contributed by atoms with Crippen molar-refractivity contribution in [2.24, 2.45) is 5.73 Å².